The number of benzene rings is 6. The Bertz CT molecular complexity index is 2170. The highest BCUT2D eigenvalue weighted by atomic mass is 16.3. The molecule has 2 heterocycles. The molecule has 6 aromatic carbocycles. The molecule has 4 heteroatoms. The summed E-state index contributed by atoms with van der Waals surface area (Å²) in [4.78, 5) is 14.7. The zero-order valence-corrected chi connectivity index (χ0v) is 23.2. The lowest BCUT2D eigenvalue weighted by molar-refractivity contribution is 0.620. The number of rotatable bonds is 5. The topological polar surface area (TPSA) is 51.8 Å². The first-order valence-electron chi connectivity index (χ1n) is 14.3. The molecule has 43 heavy (non-hydrogen) atoms. The normalized spacial score (nSPS) is 11.3. The van der Waals surface area contributed by atoms with Crippen molar-refractivity contribution in [2.24, 2.45) is 0 Å². The van der Waals surface area contributed by atoms with E-state index in [1.165, 1.54) is 0 Å². The number of oxazole rings is 1. The van der Waals surface area contributed by atoms with E-state index in [-0.39, 0.29) is 0 Å². The highest BCUT2D eigenvalue weighted by Crippen LogP contribution is 2.33. The van der Waals surface area contributed by atoms with Crippen molar-refractivity contribution in [2.75, 3.05) is 0 Å². The van der Waals surface area contributed by atoms with Crippen molar-refractivity contribution in [3.63, 3.8) is 0 Å². The summed E-state index contributed by atoms with van der Waals surface area (Å²) < 4.78 is 6.02. The predicted molar refractivity (Wildman–Crippen MR) is 174 cm³/mol. The second-order valence-electron chi connectivity index (χ2n) is 10.5. The first-order valence-corrected chi connectivity index (χ1v) is 14.3. The molecule has 0 amide bonds. The van der Waals surface area contributed by atoms with Gasteiger partial charge in [0.15, 0.2) is 11.4 Å². The third kappa shape index (κ3) is 4.85. The molecule has 8 rings (SSSR count). The minimum absolute atomic E-state index is 0.634. The van der Waals surface area contributed by atoms with E-state index in [1.54, 1.807) is 0 Å². The molecule has 0 unspecified atom stereocenters. The van der Waals surface area contributed by atoms with Crippen molar-refractivity contribution in [1.29, 1.82) is 0 Å². The Hall–Kier alpha value is -5.87. The molecule has 4 nitrogen and oxygen atoms in total. The van der Waals surface area contributed by atoms with Crippen LogP contribution < -0.4 is 0 Å². The smallest absolute Gasteiger partial charge is 0.227 e. The van der Waals surface area contributed by atoms with Crippen molar-refractivity contribution in [3.05, 3.63) is 152 Å². The second-order valence-corrected chi connectivity index (χ2v) is 10.5. The lowest BCUT2D eigenvalue weighted by Crippen LogP contribution is -1.95. The van der Waals surface area contributed by atoms with Crippen LogP contribution in [0.3, 0.4) is 0 Å². The Kier molecular flexibility index (Phi) is 6.08. The van der Waals surface area contributed by atoms with E-state index in [0.717, 1.165) is 66.6 Å². The van der Waals surface area contributed by atoms with E-state index in [9.17, 15) is 0 Å². The van der Waals surface area contributed by atoms with Crippen LogP contribution >= 0.6 is 0 Å². The molecule has 0 bridgehead atoms. The molecule has 0 fully saturated rings. The molecule has 8 aromatic rings. The Morgan fingerprint density at radius 2 is 0.907 bits per heavy atom. The summed E-state index contributed by atoms with van der Waals surface area (Å²) in [6.07, 6.45) is 0. The van der Waals surface area contributed by atoms with Gasteiger partial charge in [-0.1, -0.05) is 109 Å². The molecular weight excluding hydrogens is 526 g/mol. The highest BCUT2D eigenvalue weighted by Gasteiger charge is 2.12. The number of aromatic nitrogens is 3. The maximum atomic E-state index is 6.02. The number of hydrogen-bond acceptors (Lipinski definition) is 4. The Labute approximate surface area is 249 Å². The van der Waals surface area contributed by atoms with Crippen LogP contribution in [0.4, 0.5) is 0 Å². The van der Waals surface area contributed by atoms with Gasteiger partial charge in [0.25, 0.3) is 0 Å². The third-order valence-electron chi connectivity index (χ3n) is 7.71. The fraction of sp³-hybridized carbons (Fsp3) is 0. The molecule has 0 saturated heterocycles. The van der Waals surface area contributed by atoms with Gasteiger partial charge in [0.1, 0.15) is 5.52 Å². The van der Waals surface area contributed by atoms with E-state index >= 15 is 0 Å². The Morgan fingerprint density at radius 1 is 0.372 bits per heavy atom. The van der Waals surface area contributed by atoms with E-state index in [1.807, 2.05) is 72.8 Å². The minimum atomic E-state index is 0.634. The third-order valence-corrected chi connectivity index (χ3v) is 7.71. The van der Waals surface area contributed by atoms with Crippen LogP contribution in [0.5, 0.6) is 0 Å². The van der Waals surface area contributed by atoms with Crippen molar-refractivity contribution in [3.8, 4) is 56.5 Å². The van der Waals surface area contributed by atoms with Gasteiger partial charge in [0, 0.05) is 22.3 Å². The van der Waals surface area contributed by atoms with Gasteiger partial charge in [0.05, 0.1) is 11.4 Å². The predicted octanol–water partition coefficient (Wildman–Crippen LogP) is 10.1. The number of fused-ring (bicyclic) bond motifs is 2. The summed E-state index contributed by atoms with van der Waals surface area (Å²) in [5.74, 6) is 1.35. The fourth-order valence-electron chi connectivity index (χ4n) is 5.46. The minimum Gasteiger partial charge on any atom is -0.436 e. The summed E-state index contributed by atoms with van der Waals surface area (Å²) in [7, 11) is 0. The fourth-order valence-corrected chi connectivity index (χ4v) is 5.46. The molecule has 0 spiro atoms. The van der Waals surface area contributed by atoms with Crippen LogP contribution in [0.2, 0.25) is 0 Å². The Balaban J connectivity index is 1.16. The van der Waals surface area contributed by atoms with Gasteiger partial charge in [-0.3, -0.25) is 0 Å². The van der Waals surface area contributed by atoms with E-state index in [0.29, 0.717) is 11.7 Å². The van der Waals surface area contributed by atoms with Crippen LogP contribution in [0, 0.1) is 0 Å². The van der Waals surface area contributed by atoms with E-state index < -0.39 is 0 Å². The lowest BCUT2D eigenvalue weighted by atomic mass is 9.98. The monoisotopic (exact) mass is 551 g/mol. The summed E-state index contributed by atoms with van der Waals surface area (Å²) in [6, 6.07) is 51.8. The van der Waals surface area contributed by atoms with Crippen LogP contribution in [0.25, 0.3) is 78.4 Å². The van der Waals surface area contributed by atoms with Gasteiger partial charge in [-0.2, -0.15) is 0 Å². The number of nitrogens with zero attached hydrogens (tertiary/aromatic N) is 3. The van der Waals surface area contributed by atoms with Crippen LogP contribution in [-0.4, -0.2) is 15.0 Å². The van der Waals surface area contributed by atoms with Gasteiger partial charge >= 0.3 is 0 Å². The van der Waals surface area contributed by atoms with Crippen LogP contribution in [0.1, 0.15) is 0 Å². The molecule has 0 radical (unpaired) electrons. The lowest BCUT2D eigenvalue weighted by Gasteiger charge is -2.10. The summed E-state index contributed by atoms with van der Waals surface area (Å²) in [5, 5.41) is 2.31. The van der Waals surface area contributed by atoms with Crippen LogP contribution in [-0.2, 0) is 0 Å². The van der Waals surface area contributed by atoms with Gasteiger partial charge in [-0.25, -0.2) is 15.0 Å². The van der Waals surface area contributed by atoms with Crippen molar-refractivity contribution in [1.82, 2.24) is 15.0 Å². The van der Waals surface area contributed by atoms with Crippen LogP contribution in [0.15, 0.2) is 156 Å². The zero-order chi connectivity index (χ0) is 28.6. The largest absolute Gasteiger partial charge is 0.436 e. The quantitative estimate of drug-likeness (QED) is 0.214. The first-order chi connectivity index (χ1) is 21.3. The Morgan fingerprint density at radius 3 is 1.60 bits per heavy atom. The van der Waals surface area contributed by atoms with Gasteiger partial charge < -0.3 is 4.42 Å². The molecule has 0 aliphatic rings. The molecule has 0 aliphatic heterocycles. The van der Waals surface area contributed by atoms with E-state index in [2.05, 4.69) is 78.9 Å². The van der Waals surface area contributed by atoms with Gasteiger partial charge in [0.2, 0.25) is 5.89 Å². The zero-order valence-electron chi connectivity index (χ0n) is 23.2. The molecule has 202 valence electrons. The van der Waals surface area contributed by atoms with Crippen molar-refractivity contribution < 1.29 is 4.42 Å². The molecule has 0 saturated carbocycles. The van der Waals surface area contributed by atoms with Gasteiger partial charge in [-0.15, -0.1) is 0 Å². The number of hydrogen-bond donors (Lipinski definition) is 0. The average Bonchev–Trinajstić information content (AvgIpc) is 3.53. The van der Waals surface area contributed by atoms with E-state index in [4.69, 9.17) is 19.4 Å². The standard InChI is InChI=1S/C39H25N3O/c1-4-10-26(11-5-1)34-25-35(41-38(40-34)27-12-6-2-7-13-27)33-19-18-29-22-30(16-17-31(29)23-33)32-20-21-37-36(24-32)42-39(43-37)28-14-8-3-9-15-28/h1-25H. The average molecular weight is 552 g/mol. The summed E-state index contributed by atoms with van der Waals surface area (Å²) in [6.45, 7) is 0. The molecular formula is C39H25N3O. The SMILES string of the molecule is c1ccc(-c2cc(-c3ccc4cc(-c5ccc6oc(-c7ccccc7)nc6c5)ccc4c3)nc(-c3ccccc3)n2)cc1. The molecule has 0 aliphatic carbocycles. The first kappa shape index (κ1) is 24.9. The van der Waals surface area contributed by atoms with Crippen molar-refractivity contribution >= 4 is 21.9 Å². The maximum absolute atomic E-state index is 6.02. The molecule has 0 N–H and O–H groups in total. The second kappa shape index (κ2) is 10.5. The summed E-state index contributed by atoms with van der Waals surface area (Å²) in [5.41, 5.74) is 9.73. The van der Waals surface area contributed by atoms with Crippen molar-refractivity contribution in [2.45, 2.75) is 0 Å². The van der Waals surface area contributed by atoms with Gasteiger partial charge in [-0.05, 0) is 64.4 Å². The molecule has 2 aromatic heterocycles. The summed E-state index contributed by atoms with van der Waals surface area (Å²) >= 11 is 0. The molecule has 0 atom stereocenters. The maximum Gasteiger partial charge on any atom is 0.227 e. The highest BCUT2D eigenvalue weighted by molar-refractivity contribution is 5.92.